The highest BCUT2D eigenvalue weighted by atomic mass is 35.5. The molecule has 1 atom stereocenters. The normalized spacial score (nSPS) is 12.1. The van der Waals surface area contributed by atoms with E-state index in [9.17, 15) is 18.0 Å². The summed E-state index contributed by atoms with van der Waals surface area (Å²) >= 11 is 12.8. The van der Waals surface area contributed by atoms with Gasteiger partial charge >= 0.3 is 0 Å². The molecule has 0 unspecified atom stereocenters. The van der Waals surface area contributed by atoms with Crippen LogP contribution in [-0.2, 0) is 32.6 Å². The second-order valence-electron chi connectivity index (χ2n) is 11.8. The summed E-state index contributed by atoms with van der Waals surface area (Å²) in [6.45, 7) is 7.75. The summed E-state index contributed by atoms with van der Waals surface area (Å²) in [6.07, 6.45) is 0.914. The molecule has 0 bridgehead atoms. The lowest BCUT2D eigenvalue weighted by Crippen LogP contribution is -2.53. The molecule has 7 nitrogen and oxygen atoms in total. The third-order valence-electron chi connectivity index (χ3n) is 7.91. The van der Waals surface area contributed by atoms with Crippen LogP contribution in [0.4, 0.5) is 5.69 Å². The zero-order valence-electron chi connectivity index (χ0n) is 27.1. The Labute approximate surface area is 288 Å². The van der Waals surface area contributed by atoms with Gasteiger partial charge in [-0.05, 0) is 72.4 Å². The maximum absolute atomic E-state index is 14.6. The summed E-state index contributed by atoms with van der Waals surface area (Å²) in [4.78, 5) is 29.9. The molecule has 0 aliphatic carbocycles. The van der Waals surface area contributed by atoms with Gasteiger partial charge in [-0.25, -0.2) is 8.42 Å². The molecule has 10 heteroatoms. The molecule has 0 aliphatic heterocycles. The van der Waals surface area contributed by atoms with E-state index in [-0.39, 0.29) is 29.7 Å². The smallest absolute Gasteiger partial charge is 0.264 e. The van der Waals surface area contributed by atoms with Crippen LogP contribution in [-0.4, -0.2) is 44.3 Å². The van der Waals surface area contributed by atoms with E-state index in [4.69, 9.17) is 23.2 Å². The standard InChI is InChI=1S/C37H41Cl2N3O4S/c1-5-21-40-37(44)35(22-28-9-7-6-8-10-28)41(24-30-13-16-31(38)23-34(30)39)36(43)25-42(32-17-14-29(15-18-32)26(2)3)47(45,46)33-19-11-27(4)12-20-33/h6-20,23,26,35H,5,21-22,24-25H2,1-4H3,(H,40,44)/t35-/m0/s1. The molecular weight excluding hydrogens is 653 g/mol. The third kappa shape index (κ3) is 9.37. The van der Waals surface area contributed by atoms with Crippen molar-refractivity contribution < 1.29 is 18.0 Å². The predicted octanol–water partition coefficient (Wildman–Crippen LogP) is 7.79. The molecule has 0 saturated carbocycles. The van der Waals surface area contributed by atoms with Crippen molar-refractivity contribution in [3.8, 4) is 0 Å². The summed E-state index contributed by atoms with van der Waals surface area (Å²) in [5, 5.41) is 3.70. The molecule has 1 N–H and O–H groups in total. The van der Waals surface area contributed by atoms with Gasteiger partial charge in [-0.3, -0.25) is 13.9 Å². The van der Waals surface area contributed by atoms with Crippen molar-refractivity contribution in [2.75, 3.05) is 17.4 Å². The Bertz CT molecular complexity index is 1760. The molecule has 248 valence electrons. The summed E-state index contributed by atoms with van der Waals surface area (Å²) < 4.78 is 29.6. The number of hydrogen-bond donors (Lipinski definition) is 1. The van der Waals surface area contributed by atoms with Gasteiger partial charge in [0.15, 0.2) is 0 Å². The fourth-order valence-corrected chi connectivity index (χ4v) is 7.03. The Kier molecular flexibility index (Phi) is 12.5. The number of benzene rings is 4. The van der Waals surface area contributed by atoms with Gasteiger partial charge in [0.25, 0.3) is 10.0 Å². The van der Waals surface area contributed by atoms with Crippen molar-refractivity contribution in [2.24, 2.45) is 0 Å². The quantitative estimate of drug-likeness (QED) is 0.146. The van der Waals surface area contributed by atoms with E-state index in [0.717, 1.165) is 21.0 Å². The van der Waals surface area contributed by atoms with Crippen molar-refractivity contribution in [1.82, 2.24) is 10.2 Å². The lowest BCUT2D eigenvalue weighted by atomic mass is 10.0. The van der Waals surface area contributed by atoms with Gasteiger partial charge in [0.05, 0.1) is 10.6 Å². The van der Waals surface area contributed by atoms with Crippen LogP contribution < -0.4 is 9.62 Å². The number of amides is 2. The van der Waals surface area contributed by atoms with Crippen LogP contribution in [0.5, 0.6) is 0 Å². The number of carbonyl (C=O) groups is 2. The van der Waals surface area contributed by atoms with E-state index in [1.807, 2.05) is 56.3 Å². The zero-order chi connectivity index (χ0) is 34.1. The van der Waals surface area contributed by atoms with Gasteiger partial charge in [-0.1, -0.05) is 110 Å². The van der Waals surface area contributed by atoms with Crippen molar-refractivity contribution in [3.05, 3.63) is 129 Å². The first-order valence-electron chi connectivity index (χ1n) is 15.6. The van der Waals surface area contributed by atoms with Crippen LogP contribution >= 0.6 is 23.2 Å². The average Bonchev–Trinajstić information content (AvgIpc) is 3.05. The molecule has 0 radical (unpaired) electrons. The lowest BCUT2D eigenvalue weighted by molar-refractivity contribution is -0.140. The molecule has 0 fully saturated rings. The third-order valence-corrected chi connectivity index (χ3v) is 10.3. The monoisotopic (exact) mass is 693 g/mol. The average molecular weight is 695 g/mol. The molecule has 0 heterocycles. The highest BCUT2D eigenvalue weighted by Crippen LogP contribution is 2.28. The first kappa shape index (κ1) is 36.0. The number of carbonyl (C=O) groups excluding carboxylic acids is 2. The Hall–Kier alpha value is -3.85. The van der Waals surface area contributed by atoms with Crippen LogP contribution in [0, 0.1) is 6.92 Å². The van der Waals surface area contributed by atoms with Gasteiger partial charge < -0.3 is 10.2 Å². The Balaban J connectivity index is 1.82. The van der Waals surface area contributed by atoms with E-state index < -0.39 is 28.5 Å². The molecule has 4 aromatic carbocycles. The number of hydrogen-bond acceptors (Lipinski definition) is 4. The van der Waals surface area contributed by atoms with Crippen molar-refractivity contribution in [1.29, 1.82) is 0 Å². The van der Waals surface area contributed by atoms with Crippen molar-refractivity contribution >= 4 is 50.7 Å². The second-order valence-corrected chi connectivity index (χ2v) is 14.5. The molecule has 4 rings (SSSR count). The summed E-state index contributed by atoms with van der Waals surface area (Å²) in [6, 6.07) is 27.1. The van der Waals surface area contributed by atoms with Crippen LogP contribution in [0.3, 0.4) is 0 Å². The number of rotatable bonds is 14. The first-order valence-corrected chi connectivity index (χ1v) is 17.8. The Morgan fingerprint density at radius 2 is 1.53 bits per heavy atom. The van der Waals surface area contributed by atoms with E-state index in [1.165, 1.54) is 17.0 Å². The largest absolute Gasteiger partial charge is 0.354 e. The second kappa shape index (κ2) is 16.3. The number of aryl methyl sites for hydroxylation is 1. The molecule has 0 aromatic heterocycles. The fourth-order valence-electron chi connectivity index (χ4n) is 5.15. The molecule has 0 spiro atoms. The highest BCUT2D eigenvalue weighted by molar-refractivity contribution is 7.92. The number of sulfonamides is 1. The van der Waals surface area contributed by atoms with Crippen molar-refractivity contribution in [3.63, 3.8) is 0 Å². The summed E-state index contributed by atoms with van der Waals surface area (Å²) in [7, 11) is -4.20. The van der Waals surface area contributed by atoms with Gasteiger partial charge in [0.2, 0.25) is 11.8 Å². The maximum Gasteiger partial charge on any atom is 0.264 e. The molecule has 4 aromatic rings. The van der Waals surface area contributed by atoms with E-state index >= 15 is 0 Å². The van der Waals surface area contributed by atoms with Crippen LogP contribution in [0.25, 0.3) is 0 Å². The van der Waals surface area contributed by atoms with E-state index in [1.54, 1.807) is 42.5 Å². The van der Waals surface area contributed by atoms with Crippen LogP contribution in [0.1, 0.15) is 55.4 Å². The number of anilines is 1. The van der Waals surface area contributed by atoms with E-state index in [0.29, 0.717) is 34.3 Å². The molecular formula is C37H41Cl2N3O4S. The molecule has 2 amide bonds. The minimum Gasteiger partial charge on any atom is -0.354 e. The van der Waals surface area contributed by atoms with Gasteiger partial charge in [-0.15, -0.1) is 0 Å². The molecule has 47 heavy (non-hydrogen) atoms. The van der Waals surface area contributed by atoms with Crippen molar-refractivity contribution in [2.45, 2.75) is 63.9 Å². The molecule has 0 aliphatic rings. The number of nitrogens with zero attached hydrogens (tertiary/aromatic N) is 2. The topological polar surface area (TPSA) is 86.8 Å². The SMILES string of the molecule is CCCNC(=O)[C@H](Cc1ccccc1)N(Cc1ccc(Cl)cc1Cl)C(=O)CN(c1ccc(C(C)C)cc1)S(=O)(=O)c1ccc(C)cc1. The molecule has 0 saturated heterocycles. The minimum absolute atomic E-state index is 0.0451. The predicted molar refractivity (Wildman–Crippen MR) is 190 cm³/mol. The lowest BCUT2D eigenvalue weighted by Gasteiger charge is -2.34. The zero-order valence-corrected chi connectivity index (χ0v) is 29.4. The van der Waals surface area contributed by atoms with E-state index in [2.05, 4.69) is 19.2 Å². The maximum atomic E-state index is 14.6. The Morgan fingerprint density at radius 3 is 2.13 bits per heavy atom. The number of nitrogens with one attached hydrogen (secondary N) is 1. The van der Waals surface area contributed by atoms with Gasteiger partial charge in [-0.2, -0.15) is 0 Å². The first-order chi connectivity index (χ1) is 22.4. The summed E-state index contributed by atoms with van der Waals surface area (Å²) in [5.41, 5.74) is 3.68. The highest BCUT2D eigenvalue weighted by Gasteiger charge is 2.35. The fraction of sp³-hybridized carbons (Fsp3) is 0.297. The van der Waals surface area contributed by atoms with Gasteiger partial charge in [0.1, 0.15) is 12.6 Å². The van der Waals surface area contributed by atoms with Crippen LogP contribution in [0.15, 0.2) is 102 Å². The minimum atomic E-state index is -4.20. The van der Waals surface area contributed by atoms with Gasteiger partial charge in [0, 0.05) is 29.6 Å². The van der Waals surface area contributed by atoms with Crippen LogP contribution in [0.2, 0.25) is 10.0 Å². The Morgan fingerprint density at radius 1 is 0.872 bits per heavy atom. The summed E-state index contributed by atoms with van der Waals surface area (Å²) in [5.74, 6) is -0.677. The number of halogens is 2.